The zero-order valence-electron chi connectivity index (χ0n) is 17.5. The molecule has 0 saturated heterocycles. The molecule has 3 aromatic rings. The van der Waals surface area contributed by atoms with Gasteiger partial charge in [0, 0.05) is 0 Å². The van der Waals surface area contributed by atoms with Crippen LogP contribution in [0.25, 0.3) is 12.2 Å². The number of ether oxygens (including phenoxy) is 1. The van der Waals surface area contributed by atoms with Gasteiger partial charge >= 0.3 is 5.97 Å². The molecule has 0 amide bonds. The highest BCUT2D eigenvalue weighted by Crippen LogP contribution is 2.26. The second-order valence-corrected chi connectivity index (χ2v) is 8.31. The smallest absolute Gasteiger partial charge is 0.338 e. The number of hydrogen-bond donors (Lipinski definition) is 0. The maximum atomic E-state index is 13.3. The molecule has 0 bridgehead atoms. The third kappa shape index (κ3) is 4.20. The molecule has 6 heteroatoms. The van der Waals surface area contributed by atoms with Crippen LogP contribution in [0.15, 0.2) is 81.7 Å². The van der Waals surface area contributed by atoms with Gasteiger partial charge in [0.05, 0.1) is 29.0 Å². The normalized spacial score (nSPS) is 16.4. The molecule has 156 valence electrons. The molecule has 1 aliphatic rings. The minimum Gasteiger partial charge on any atom is -0.466 e. The highest BCUT2D eigenvalue weighted by Gasteiger charge is 2.29. The summed E-state index contributed by atoms with van der Waals surface area (Å²) in [6.07, 6.45) is 5.62. The van der Waals surface area contributed by atoms with E-state index in [4.69, 9.17) is 4.74 Å². The molecule has 0 aliphatic carbocycles. The Balaban J connectivity index is 1.88. The quantitative estimate of drug-likeness (QED) is 0.596. The Hall–Kier alpha value is -3.51. The molecule has 0 fully saturated rings. The fourth-order valence-electron chi connectivity index (χ4n) is 3.50. The van der Waals surface area contributed by atoms with Crippen LogP contribution in [0.2, 0.25) is 0 Å². The first-order chi connectivity index (χ1) is 15.0. The largest absolute Gasteiger partial charge is 0.466 e. The van der Waals surface area contributed by atoms with Gasteiger partial charge in [0.25, 0.3) is 5.56 Å². The molecule has 1 aliphatic heterocycles. The number of methoxy groups -OCH3 is 1. The Morgan fingerprint density at radius 3 is 2.45 bits per heavy atom. The maximum Gasteiger partial charge on any atom is 0.338 e. The number of carbonyl (C=O) groups excluding carboxylic acids is 1. The van der Waals surface area contributed by atoms with Crippen molar-refractivity contribution in [2.75, 3.05) is 7.11 Å². The van der Waals surface area contributed by atoms with Crippen LogP contribution in [0.5, 0.6) is 0 Å². The van der Waals surface area contributed by atoms with E-state index in [0.29, 0.717) is 20.6 Å². The number of esters is 1. The lowest BCUT2D eigenvalue weighted by molar-refractivity contribution is -0.136. The van der Waals surface area contributed by atoms with Crippen LogP contribution in [0.4, 0.5) is 0 Å². The van der Waals surface area contributed by atoms with E-state index in [-0.39, 0.29) is 5.56 Å². The number of allylic oxidation sites excluding steroid dienone is 2. The topological polar surface area (TPSA) is 60.7 Å². The summed E-state index contributed by atoms with van der Waals surface area (Å²) in [4.78, 5) is 31.0. The van der Waals surface area contributed by atoms with Gasteiger partial charge in [-0.05, 0) is 31.1 Å². The molecule has 2 heterocycles. The van der Waals surface area contributed by atoms with Crippen molar-refractivity contribution in [2.24, 2.45) is 4.99 Å². The summed E-state index contributed by atoms with van der Waals surface area (Å²) in [6, 6.07) is 17.1. The van der Waals surface area contributed by atoms with Crippen molar-refractivity contribution < 1.29 is 9.53 Å². The van der Waals surface area contributed by atoms with Gasteiger partial charge in [-0.2, -0.15) is 0 Å². The van der Waals surface area contributed by atoms with Crippen molar-refractivity contribution in [3.05, 3.63) is 108 Å². The number of aryl methyl sites for hydroxylation is 1. The fraction of sp³-hybridized carbons (Fsp3) is 0.160. The van der Waals surface area contributed by atoms with E-state index < -0.39 is 12.0 Å². The van der Waals surface area contributed by atoms with Crippen molar-refractivity contribution in [1.29, 1.82) is 0 Å². The van der Waals surface area contributed by atoms with E-state index >= 15 is 0 Å². The minimum atomic E-state index is -0.593. The van der Waals surface area contributed by atoms with Gasteiger partial charge in [0.2, 0.25) is 0 Å². The number of carbonyl (C=O) groups is 1. The molecule has 5 nitrogen and oxygen atoms in total. The molecular formula is C25H22N2O3S. The van der Waals surface area contributed by atoms with E-state index in [1.807, 2.05) is 79.7 Å². The van der Waals surface area contributed by atoms with Crippen LogP contribution < -0.4 is 14.9 Å². The summed E-state index contributed by atoms with van der Waals surface area (Å²) in [7, 11) is 1.34. The van der Waals surface area contributed by atoms with Crippen molar-refractivity contribution in [2.45, 2.75) is 19.9 Å². The van der Waals surface area contributed by atoms with Crippen LogP contribution in [-0.4, -0.2) is 17.6 Å². The lowest BCUT2D eigenvalue weighted by Crippen LogP contribution is -2.38. The number of hydrogen-bond acceptors (Lipinski definition) is 5. The Bertz CT molecular complexity index is 1360. The third-order valence-corrected chi connectivity index (χ3v) is 6.10. The summed E-state index contributed by atoms with van der Waals surface area (Å²) in [6.45, 7) is 3.79. The zero-order valence-corrected chi connectivity index (χ0v) is 18.3. The standard InChI is InChI=1S/C25H22N2O3S/c1-16-9-11-19(12-10-16)15-21-23(28)27-20(14-13-18-7-5-4-6-8-18)22(24(29)30-3)17(2)26-25(27)31-21/h4-15,20H,1-3H3. The van der Waals surface area contributed by atoms with Crippen LogP contribution in [0.3, 0.4) is 0 Å². The van der Waals surface area contributed by atoms with Crippen molar-refractivity contribution in [3.8, 4) is 0 Å². The molecule has 0 spiro atoms. The monoisotopic (exact) mass is 430 g/mol. The number of rotatable bonds is 4. The fourth-order valence-corrected chi connectivity index (χ4v) is 4.55. The van der Waals surface area contributed by atoms with E-state index in [2.05, 4.69) is 4.99 Å². The lowest BCUT2D eigenvalue weighted by atomic mass is 10.0. The molecular weight excluding hydrogens is 408 g/mol. The first kappa shape index (κ1) is 20.8. The summed E-state index contributed by atoms with van der Waals surface area (Å²) in [5.41, 5.74) is 3.81. The third-order valence-electron chi connectivity index (χ3n) is 5.11. The average Bonchev–Trinajstić information content (AvgIpc) is 3.08. The summed E-state index contributed by atoms with van der Waals surface area (Å²) in [5, 5.41) is 0. The number of benzene rings is 2. The van der Waals surface area contributed by atoms with Crippen LogP contribution in [0, 0.1) is 6.92 Å². The van der Waals surface area contributed by atoms with E-state index in [1.165, 1.54) is 18.4 Å². The molecule has 0 N–H and O–H groups in total. The molecule has 1 unspecified atom stereocenters. The highest BCUT2D eigenvalue weighted by atomic mass is 32.1. The molecule has 1 aromatic heterocycles. The first-order valence-corrected chi connectivity index (χ1v) is 10.7. The summed E-state index contributed by atoms with van der Waals surface area (Å²) >= 11 is 1.32. The zero-order chi connectivity index (χ0) is 22.0. The van der Waals surface area contributed by atoms with Gasteiger partial charge in [-0.25, -0.2) is 9.79 Å². The predicted octanol–water partition coefficient (Wildman–Crippen LogP) is 3.38. The van der Waals surface area contributed by atoms with Gasteiger partial charge < -0.3 is 4.74 Å². The number of fused-ring (bicyclic) bond motifs is 1. The van der Waals surface area contributed by atoms with E-state index in [0.717, 1.165) is 16.7 Å². The van der Waals surface area contributed by atoms with Crippen molar-refractivity contribution >= 4 is 29.5 Å². The van der Waals surface area contributed by atoms with Gasteiger partial charge in [-0.3, -0.25) is 9.36 Å². The summed E-state index contributed by atoms with van der Waals surface area (Å²) in [5.74, 6) is -0.489. The lowest BCUT2D eigenvalue weighted by Gasteiger charge is -2.21. The number of thiazole rings is 1. The van der Waals surface area contributed by atoms with Crippen LogP contribution in [-0.2, 0) is 9.53 Å². The molecule has 1 atom stereocenters. The molecule has 2 aromatic carbocycles. The van der Waals surface area contributed by atoms with Gasteiger partial charge in [-0.1, -0.05) is 83.6 Å². The average molecular weight is 431 g/mol. The summed E-state index contributed by atoms with van der Waals surface area (Å²) < 4.78 is 7.14. The number of aromatic nitrogens is 1. The Morgan fingerprint density at radius 2 is 1.77 bits per heavy atom. The molecule has 0 radical (unpaired) electrons. The Kier molecular flexibility index (Phi) is 5.82. The predicted molar refractivity (Wildman–Crippen MR) is 123 cm³/mol. The highest BCUT2D eigenvalue weighted by molar-refractivity contribution is 7.07. The SMILES string of the molecule is COC(=O)C1=C(C)N=c2sc(=Cc3ccc(C)cc3)c(=O)n2C1C=Cc1ccccc1. The van der Waals surface area contributed by atoms with Crippen LogP contribution >= 0.6 is 11.3 Å². The second kappa shape index (κ2) is 8.70. The number of nitrogens with zero attached hydrogens (tertiary/aromatic N) is 2. The van der Waals surface area contributed by atoms with Crippen molar-refractivity contribution in [1.82, 2.24) is 4.57 Å². The second-order valence-electron chi connectivity index (χ2n) is 7.30. The first-order valence-electron chi connectivity index (χ1n) is 9.88. The molecule has 31 heavy (non-hydrogen) atoms. The van der Waals surface area contributed by atoms with Gasteiger partial charge in [0.1, 0.15) is 0 Å². The van der Waals surface area contributed by atoms with E-state index in [9.17, 15) is 9.59 Å². The van der Waals surface area contributed by atoms with Gasteiger partial charge in [-0.15, -0.1) is 0 Å². The molecule has 4 rings (SSSR count). The van der Waals surface area contributed by atoms with Crippen LogP contribution in [0.1, 0.15) is 29.7 Å². The van der Waals surface area contributed by atoms with Crippen molar-refractivity contribution in [3.63, 3.8) is 0 Å². The van der Waals surface area contributed by atoms with E-state index in [1.54, 1.807) is 11.5 Å². The minimum absolute atomic E-state index is 0.180. The Morgan fingerprint density at radius 1 is 1.06 bits per heavy atom. The maximum absolute atomic E-state index is 13.3. The van der Waals surface area contributed by atoms with Gasteiger partial charge in [0.15, 0.2) is 4.80 Å². The Labute approximate surface area is 184 Å². The molecule has 0 saturated carbocycles.